The van der Waals surface area contributed by atoms with E-state index in [1.54, 1.807) is 0 Å². The minimum atomic E-state index is 0.516. The average molecular weight is 312 g/mol. The number of nitrogens with one attached hydrogen (secondary N) is 1. The monoisotopic (exact) mass is 312 g/mol. The van der Waals surface area contributed by atoms with Gasteiger partial charge < -0.3 is 10.2 Å². The molecule has 1 aliphatic rings. The molecule has 0 aliphatic carbocycles. The van der Waals surface area contributed by atoms with Crippen LogP contribution in [0.4, 0.5) is 0 Å². The highest BCUT2D eigenvalue weighted by Crippen LogP contribution is 2.35. The summed E-state index contributed by atoms with van der Waals surface area (Å²) in [4.78, 5) is 3.83. The fourth-order valence-corrected chi connectivity index (χ4v) is 4.08. The molecule has 1 atom stereocenters. The average Bonchev–Trinajstić information content (AvgIpc) is 2.56. The second kappa shape index (κ2) is 7.82. The van der Waals surface area contributed by atoms with Gasteiger partial charge in [0.2, 0.25) is 0 Å². The summed E-state index contributed by atoms with van der Waals surface area (Å²) in [5.74, 6) is 1.22. The van der Waals surface area contributed by atoms with Gasteiger partial charge in [-0.2, -0.15) is 0 Å². The molecule has 0 saturated heterocycles. The van der Waals surface area contributed by atoms with E-state index in [0.29, 0.717) is 6.04 Å². The molecule has 22 heavy (non-hydrogen) atoms. The number of hydrogen-bond donors (Lipinski definition) is 1. The van der Waals surface area contributed by atoms with Gasteiger partial charge in [0, 0.05) is 30.6 Å². The standard InChI is InChI=1S/C19H24N2S/c1-21(15-16-7-3-2-4-8-16)13-12-20-18-11-14-22-19-10-6-5-9-17(18)19/h2-10,18,20H,11-15H2,1H3/t18-/m0/s1. The van der Waals surface area contributed by atoms with Crippen molar-refractivity contribution in [3.8, 4) is 0 Å². The first kappa shape index (κ1) is 15.6. The molecule has 1 N–H and O–H groups in total. The van der Waals surface area contributed by atoms with Crippen LogP contribution in [-0.2, 0) is 6.54 Å². The lowest BCUT2D eigenvalue weighted by molar-refractivity contribution is 0.315. The maximum Gasteiger partial charge on any atom is 0.0339 e. The molecule has 2 aromatic rings. The summed E-state index contributed by atoms with van der Waals surface area (Å²) in [5, 5.41) is 3.74. The molecule has 0 amide bonds. The van der Waals surface area contributed by atoms with E-state index in [0.717, 1.165) is 19.6 Å². The molecule has 1 heterocycles. The van der Waals surface area contributed by atoms with Crippen LogP contribution in [-0.4, -0.2) is 30.8 Å². The summed E-state index contributed by atoms with van der Waals surface area (Å²) in [5.41, 5.74) is 2.86. The van der Waals surface area contributed by atoms with Crippen molar-refractivity contribution in [1.29, 1.82) is 0 Å². The van der Waals surface area contributed by atoms with Gasteiger partial charge in [-0.3, -0.25) is 0 Å². The van der Waals surface area contributed by atoms with Crippen molar-refractivity contribution in [2.45, 2.75) is 23.9 Å². The topological polar surface area (TPSA) is 15.3 Å². The van der Waals surface area contributed by atoms with Crippen molar-refractivity contribution in [3.05, 3.63) is 65.7 Å². The fourth-order valence-electron chi connectivity index (χ4n) is 2.96. The predicted molar refractivity (Wildman–Crippen MR) is 95.3 cm³/mol. The van der Waals surface area contributed by atoms with Crippen LogP contribution < -0.4 is 5.32 Å². The van der Waals surface area contributed by atoms with Crippen LogP contribution >= 0.6 is 11.8 Å². The Bertz CT molecular complexity index is 585. The summed E-state index contributed by atoms with van der Waals surface area (Å²) >= 11 is 1.98. The molecule has 2 aromatic carbocycles. The Morgan fingerprint density at radius 2 is 1.86 bits per heavy atom. The molecule has 0 aromatic heterocycles. The molecule has 0 unspecified atom stereocenters. The van der Waals surface area contributed by atoms with Crippen LogP contribution in [0.5, 0.6) is 0 Å². The second-order valence-electron chi connectivity index (χ2n) is 5.91. The van der Waals surface area contributed by atoms with Crippen molar-refractivity contribution < 1.29 is 0 Å². The van der Waals surface area contributed by atoms with Gasteiger partial charge in [-0.15, -0.1) is 11.8 Å². The lowest BCUT2D eigenvalue weighted by Gasteiger charge is -2.27. The highest BCUT2D eigenvalue weighted by atomic mass is 32.2. The number of thioether (sulfide) groups is 1. The number of benzene rings is 2. The zero-order valence-electron chi connectivity index (χ0n) is 13.2. The Balaban J connectivity index is 1.47. The lowest BCUT2D eigenvalue weighted by atomic mass is 10.0. The number of likely N-dealkylation sites (N-methyl/N-ethyl adjacent to an activating group) is 1. The van der Waals surface area contributed by atoms with Gasteiger partial charge in [0.05, 0.1) is 0 Å². The molecule has 0 fully saturated rings. The van der Waals surface area contributed by atoms with Crippen LogP contribution in [0.25, 0.3) is 0 Å². The lowest BCUT2D eigenvalue weighted by Crippen LogP contribution is -2.32. The van der Waals surface area contributed by atoms with Crippen molar-refractivity contribution in [2.24, 2.45) is 0 Å². The van der Waals surface area contributed by atoms with Gasteiger partial charge in [0.15, 0.2) is 0 Å². The molecule has 2 nitrogen and oxygen atoms in total. The molecule has 3 rings (SSSR count). The van der Waals surface area contributed by atoms with E-state index >= 15 is 0 Å². The van der Waals surface area contributed by atoms with Gasteiger partial charge in [0.1, 0.15) is 0 Å². The third kappa shape index (κ3) is 4.13. The van der Waals surface area contributed by atoms with E-state index < -0.39 is 0 Å². The maximum atomic E-state index is 3.74. The quantitative estimate of drug-likeness (QED) is 0.869. The summed E-state index contributed by atoms with van der Waals surface area (Å²) in [6.45, 7) is 3.12. The third-order valence-electron chi connectivity index (χ3n) is 4.14. The van der Waals surface area contributed by atoms with Gasteiger partial charge in [-0.1, -0.05) is 48.5 Å². The van der Waals surface area contributed by atoms with Crippen LogP contribution in [0.15, 0.2) is 59.5 Å². The Hall–Kier alpha value is -1.29. The molecular weight excluding hydrogens is 288 g/mol. The summed E-state index contributed by atoms with van der Waals surface area (Å²) in [6.07, 6.45) is 1.23. The highest BCUT2D eigenvalue weighted by Gasteiger charge is 2.19. The van der Waals surface area contributed by atoms with E-state index in [9.17, 15) is 0 Å². The molecule has 116 valence electrons. The molecular formula is C19H24N2S. The second-order valence-corrected chi connectivity index (χ2v) is 7.04. The Kier molecular flexibility index (Phi) is 5.54. The van der Waals surface area contributed by atoms with Crippen molar-refractivity contribution in [1.82, 2.24) is 10.2 Å². The van der Waals surface area contributed by atoms with Gasteiger partial charge in [0.25, 0.3) is 0 Å². The van der Waals surface area contributed by atoms with Gasteiger partial charge in [-0.05, 0) is 36.4 Å². The van der Waals surface area contributed by atoms with E-state index in [4.69, 9.17) is 0 Å². The Morgan fingerprint density at radius 3 is 2.73 bits per heavy atom. The smallest absolute Gasteiger partial charge is 0.0339 e. The first-order valence-electron chi connectivity index (χ1n) is 8.00. The van der Waals surface area contributed by atoms with Gasteiger partial charge in [-0.25, -0.2) is 0 Å². The first-order valence-corrected chi connectivity index (χ1v) is 8.99. The number of fused-ring (bicyclic) bond motifs is 1. The van der Waals surface area contributed by atoms with Gasteiger partial charge >= 0.3 is 0 Å². The minimum Gasteiger partial charge on any atom is -0.309 e. The van der Waals surface area contributed by atoms with Crippen LogP contribution in [0, 0.1) is 0 Å². The first-order chi connectivity index (χ1) is 10.8. The highest BCUT2D eigenvalue weighted by molar-refractivity contribution is 7.99. The van der Waals surface area contributed by atoms with E-state index in [1.807, 2.05) is 11.8 Å². The van der Waals surface area contributed by atoms with E-state index in [1.165, 1.54) is 28.2 Å². The molecule has 1 aliphatic heterocycles. The zero-order chi connectivity index (χ0) is 15.2. The van der Waals surface area contributed by atoms with Crippen LogP contribution in [0.3, 0.4) is 0 Å². The summed E-state index contributed by atoms with van der Waals surface area (Å²) in [6, 6.07) is 20.0. The summed E-state index contributed by atoms with van der Waals surface area (Å²) < 4.78 is 0. The van der Waals surface area contributed by atoms with Crippen molar-refractivity contribution >= 4 is 11.8 Å². The molecule has 0 saturated carbocycles. The number of rotatable bonds is 6. The van der Waals surface area contributed by atoms with Crippen LogP contribution in [0.1, 0.15) is 23.6 Å². The zero-order valence-corrected chi connectivity index (χ0v) is 14.0. The van der Waals surface area contributed by atoms with Crippen LogP contribution in [0.2, 0.25) is 0 Å². The normalized spacial score (nSPS) is 17.5. The number of hydrogen-bond acceptors (Lipinski definition) is 3. The largest absolute Gasteiger partial charge is 0.309 e. The summed E-state index contributed by atoms with van der Waals surface area (Å²) in [7, 11) is 2.19. The number of nitrogens with zero attached hydrogens (tertiary/aromatic N) is 1. The van der Waals surface area contributed by atoms with E-state index in [2.05, 4.69) is 71.9 Å². The molecule has 0 bridgehead atoms. The minimum absolute atomic E-state index is 0.516. The Labute approximate surface area is 137 Å². The molecule has 3 heteroatoms. The maximum absolute atomic E-state index is 3.74. The fraction of sp³-hybridized carbons (Fsp3) is 0.368. The SMILES string of the molecule is CN(CCN[C@H]1CCSc2ccccc21)Cc1ccccc1. The third-order valence-corrected chi connectivity index (χ3v) is 5.26. The van der Waals surface area contributed by atoms with Crippen molar-refractivity contribution in [3.63, 3.8) is 0 Å². The van der Waals surface area contributed by atoms with Crippen molar-refractivity contribution in [2.75, 3.05) is 25.9 Å². The van der Waals surface area contributed by atoms with E-state index in [-0.39, 0.29) is 0 Å². The predicted octanol–water partition coefficient (Wildman–Crippen LogP) is 3.95. The molecule has 0 radical (unpaired) electrons. The Morgan fingerprint density at radius 1 is 1.09 bits per heavy atom. The molecule has 0 spiro atoms.